The van der Waals surface area contributed by atoms with Gasteiger partial charge in [0.1, 0.15) is 6.04 Å². The molecule has 110 valence electrons. The largest absolute Gasteiger partial charge is 0.481 e. The number of urea groups is 1. The second kappa shape index (κ2) is 9.48. The number of hydrogen-bond donors (Lipinski definition) is 4. The number of primary amides is 1. The lowest BCUT2D eigenvalue weighted by Gasteiger charge is -2.17. The van der Waals surface area contributed by atoms with Crippen LogP contribution in [0.15, 0.2) is 0 Å². The number of hydrogen-bond acceptors (Lipinski definition) is 4. The second-order valence-electron chi connectivity index (χ2n) is 4.16. The Balaban J connectivity index is 4.16. The third-order valence-electron chi connectivity index (χ3n) is 2.54. The predicted octanol–water partition coefficient (Wildman–Crippen LogP) is 0.00340. The maximum Gasteiger partial charge on any atom is 0.312 e. The number of thioether (sulfide) groups is 1. The predicted molar refractivity (Wildman–Crippen MR) is 73.9 cm³/mol. The molecule has 0 fully saturated rings. The zero-order valence-corrected chi connectivity index (χ0v) is 12.0. The lowest BCUT2D eigenvalue weighted by Crippen LogP contribution is -2.49. The van der Waals surface area contributed by atoms with E-state index in [0.717, 1.165) is 0 Å². The van der Waals surface area contributed by atoms with E-state index >= 15 is 0 Å². The minimum absolute atomic E-state index is 0.252. The zero-order valence-electron chi connectivity index (χ0n) is 11.1. The van der Waals surface area contributed by atoms with Crippen LogP contribution in [0.3, 0.4) is 0 Å². The van der Waals surface area contributed by atoms with Gasteiger partial charge in [0.25, 0.3) is 0 Å². The van der Waals surface area contributed by atoms with Crippen LogP contribution in [-0.2, 0) is 9.59 Å². The molecule has 2 unspecified atom stereocenters. The van der Waals surface area contributed by atoms with Crippen molar-refractivity contribution in [2.24, 2.45) is 11.7 Å². The number of nitrogens with two attached hydrogens (primary N) is 1. The molecule has 0 radical (unpaired) electrons. The Kier molecular flexibility index (Phi) is 8.77. The normalized spacial score (nSPS) is 13.4. The Morgan fingerprint density at radius 3 is 2.42 bits per heavy atom. The van der Waals surface area contributed by atoms with Gasteiger partial charge >= 0.3 is 12.0 Å². The van der Waals surface area contributed by atoms with Crippen molar-refractivity contribution in [2.75, 3.05) is 18.6 Å². The SMILES string of the molecule is CSCCC(NC(N)=O)C(=O)NCCC(C)C(=O)O. The molecule has 0 saturated heterocycles. The number of nitrogens with one attached hydrogen (secondary N) is 2. The summed E-state index contributed by atoms with van der Waals surface area (Å²) in [5, 5.41) is 13.7. The molecular formula is C11H21N3O4S. The van der Waals surface area contributed by atoms with Crippen LogP contribution in [-0.4, -0.2) is 47.6 Å². The molecule has 0 aromatic heterocycles. The number of amides is 3. The van der Waals surface area contributed by atoms with Crippen molar-refractivity contribution in [3.05, 3.63) is 0 Å². The number of rotatable bonds is 9. The Hall–Kier alpha value is -1.44. The third kappa shape index (κ3) is 8.30. The molecule has 0 aliphatic rings. The highest BCUT2D eigenvalue weighted by atomic mass is 32.2. The van der Waals surface area contributed by atoms with Crippen LogP contribution >= 0.6 is 11.8 Å². The van der Waals surface area contributed by atoms with Crippen molar-refractivity contribution < 1.29 is 19.5 Å². The van der Waals surface area contributed by atoms with E-state index in [4.69, 9.17) is 10.8 Å². The molecule has 0 aromatic carbocycles. The first-order chi connectivity index (χ1) is 8.88. The fourth-order valence-corrected chi connectivity index (χ4v) is 1.81. The van der Waals surface area contributed by atoms with E-state index in [9.17, 15) is 14.4 Å². The molecule has 0 aromatic rings. The summed E-state index contributed by atoms with van der Waals surface area (Å²) < 4.78 is 0. The standard InChI is InChI=1S/C11H21N3O4S/c1-7(10(16)17)3-5-13-9(15)8(4-6-19-2)14-11(12)18/h7-8H,3-6H2,1-2H3,(H,13,15)(H,16,17)(H3,12,14,18). The lowest BCUT2D eigenvalue weighted by atomic mass is 10.1. The molecule has 3 amide bonds. The van der Waals surface area contributed by atoms with Crippen molar-refractivity contribution in [1.29, 1.82) is 0 Å². The van der Waals surface area contributed by atoms with Crippen molar-refractivity contribution in [1.82, 2.24) is 10.6 Å². The van der Waals surface area contributed by atoms with Gasteiger partial charge in [-0.05, 0) is 24.9 Å². The van der Waals surface area contributed by atoms with E-state index in [2.05, 4.69) is 10.6 Å². The van der Waals surface area contributed by atoms with Crippen molar-refractivity contribution in [3.8, 4) is 0 Å². The van der Waals surface area contributed by atoms with Crippen LogP contribution < -0.4 is 16.4 Å². The van der Waals surface area contributed by atoms with Crippen LogP contribution in [0, 0.1) is 5.92 Å². The summed E-state index contributed by atoms with van der Waals surface area (Å²) in [6.45, 7) is 1.82. The summed E-state index contributed by atoms with van der Waals surface area (Å²) in [6.07, 6.45) is 2.71. The minimum atomic E-state index is -0.900. The molecule has 0 saturated carbocycles. The first-order valence-electron chi connectivity index (χ1n) is 5.94. The molecule has 19 heavy (non-hydrogen) atoms. The fraction of sp³-hybridized carbons (Fsp3) is 0.727. The summed E-state index contributed by atoms with van der Waals surface area (Å²) in [7, 11) is 0. The first kappa shape index (κ1) is 17.6. The molecule has 0 aliphatic carbocycles. The van der Waals surface area contributed by atoms with Crippen LogP contribution in [0.1, 0.15) is 19.8 Å². The van der Waals surface area contributed by atoms with Gasteiger partial charge in [-0.2, -0.15) is 11.8 Å². The summed E-state index contributed by atoms with van der Waals surface area (Å²) in [5.74, 6) is -1.05. The number of carboxylic acids is 1. The van der Waals surface area contributed by atoms with Gasteiger partial charge in [0.2, 0.25) is 5.91 Å². The first-order valence-corrected chi connectivity index (χ1v) is 7.33. The van der Waals surface area contributed by atoms with E-state index < -0.39 is 24.0 Å². The number of carboxylic acid groups (broad SMARTS) is 1. The Labute approximate surface area is 116 Å². The number of carbonyl (C=O) groups excluding carboxylic acids is 2. The zero-order chi connectivity index (χ0) is 14.8. The Morgan fingerprint density at radius 1 is 1.32 bits per heavy atom. The highest BCUT2D eigenvalue weighted by molar-refractivity contribution is 7.98. The lowest BCUT2D eigenvalue weighted by molar-refractivity contribution is -0.141. The molecule has 7 nitrogen and oxygen atoms in total. The summed E-state index contributed by atoms with van der Waals surface area (Å²) in [4.78, 5) is 33.2. The fourth-order valence-electron chi connectivity index (χ4n) is 1.33. The minimum Gasteiger partial charge on any atom is -0.481 e. The van der Waals surface area contributed by atoms with Crippen LogP contribution in [0.5, 0.6) is 0 Å². The highest BCUT2D eigenvalue weighted by Gasteiger charge is 2.19. The van der Waals surface area contributed by atoms with Crippen LogP contribution in [0.4, 0.5) is 4.79 Å². The van der Waals surface area contributed by atoms with Gasteiger partial charge in [-0.15, -0.1) is 0 Å². The quantitative estimate of drug-likeness (QED) is 0.476. The average Bonchev–Trinajstić information content (AvgIpc) is 2.33. The van der Waals surface area contributed by atoms with Gasteiger partial charge in [0.15, 0.2) is 0 Å². The summed E-state index contributed by atoms with van der Waals surface area (Å²) in [6, 6.07) is -1.43. The van der Waals surface area contributed by atoms with Gasteiger partial charge in [-0.1, -0.05) is 6.92 Å². The molecule has 8 heteroatoms. The average molecular weight is 291 g/mol. The molecular weight excluding hydrogens is 270 g/mol. The van der Waals surface area contributed by atoms with E-state index in [-0.39, 0.29) is 12.5 Å². The second-order valence-corrected chi connectivity index (χ2v) is 5.15. The van der Waals surface area contributed by atoms with E-state index in [0.29, 0.717) is 18.6 Å². The maximum atomic E-state index is 11.8. The molecule has 5 N–H and O–H groups in total. The summed E-state index contributed by atoms with van der Waals surface area (Å²) >= 11 is 1.56. The van der Waals surface area contributed by atoms with Crippen molar-refractivity contribution >= 4 is 29.7 Å². The Bertz CT molecular complexity index is 325. The smallest absolute Gasteiger partial charge is 0.312 e. The monoisotopic (exact) mass is 291 g/mol. The van der Waals surface area contributed by atoms with Gasteiger partial charge in [-0.3, -0.25) is 9.59 Å². The van der Waals surface area contributed by atoms with Gasteiger partial charge in [-0.25, -0.2) is 4.79 Å². The van der Waals surface area contributed by atoms with Gasteiger partial charge in [0.05, 0.1) is 5.92 Å². The van der Waals surface area contributed by atoms with Gasteiger partial charge < -0.3 is 21.5 Å². The van der Waals surface area contributed by atoms with E-state index in [1.807, 2.05) is 6.26 Å². The van der Waals surface area contributed by atoms with Gasteiger partial charge in [0, 0.05) is 6.54 Å². The van der Waals surface area contributed by atoms with Crippen molar-refractivity contribution in [3.63, 3.8) is 0 Å². The highest BCUT2D eigenvalue weighted by Crippen LogP contribution is 2.02. The Morgan fingerprint density at radius 2 is 1.95 bits per heavy atom. The molecule has 0 heterocycles. The van der Waals surface area contributed by atoms with Crippen LogP contribution in [0.2, 0.25) is 0 Å². The molecule has 0 aliphatic heterocycles. The van der Waals surface area contributed by atoms with Crippen LogP contribution in [0.25, 0.3) is 0 Å². The number of carbonyl (C=O) groups is 3. The van der Waals surface area contributed by atoms with E-state index in [1.54, 1.807) is 18.7 Å². The molecule has 0 bridgehead atoms. The molecule has 0 spiro atoms. The topological polar surface area (TPSA) is 122 Å². The van der Waals surface area contributed by atoms with Crippen molar-refractivity contribution in [2.45, 2.75) is 25.8 Å². The number of aliphatic carboxylic acids is 1. The molecule has 0 rings (SSSR count). The molecule has 2 atom stereocenters. The summed E-state index contributed by atoms with van der Waals surface area (Å²) in [5.41, 5.74) is 5.00. The maximum absolute atomic E-state index is 11.8. The van der Waals surface area contributed by atoms with E-state index in [1.165, 1.54) is 0 Å². The third-order valence-corrected chi connectivity index (χ3v) is 3.19.